The van der Waals surface area contributed by atoms with Gasteiger partial charge in [-0.1, -0.05) is 49.4 Å². The molecule has 1 aliphatic carbocycles. The lowest BCUT2D eigenvalue weighted by molar-refractivity contribution is -0.141. The summed E-state index contributed by atoms with van der Waals surface area (Å²) in [5.74, 6) is -2.24. The van der Waals surface area contributed by atoms with Crippen LogP contribution in [0, 0.1) is 23.7 Å². The molecule has 5 atom stereocenters. The second-order valence-corrected chi connectivity index (χ2v) is 7.60. The molecule has 156 valence electrons. The number of benzene rings is 1. The molecule has 29 heavy (non-hydrogen) atoms. The summed E-state index contributed by atoms with van der Waals surface area (Å²) in [5, 5.41) is 15.1. The largest absolute Gasteiger partial charge is 0.395 e. The number of carbonyl (C=O) groups excluding carboxylic acids is 3. The fraction of sp³-hybridized carbons (Fsp3) is 0.500. The van der Waals surface area contributed by atoms with Crippen LogP contribution in [0.1, 0.15) is 18.9 Å². The van der Waals surface area contributed by atoms with Crippen molar-refractivity contribution in [2.75, 3.05) is 20.2 Å². The Kier molecular flexibility index (Phi) is 6.69. The number of aliphatic hydroxyl groups excluding tert-OH is 1. The Morgan fingerprint density at radius 1 is 1.14 bits per heavy atom. The molecule has 0 radical (unpaired) electrons. The minimum Gasteiger partial charge on any atom is -0.395 e. The standard InChI is InChI=1S/C22H29N3O4/c1-3-15-9-10-16-18(17(15)20(27)23-2)22(29)25(11-12-26)19(16)21(28)24-13-14-7-5-4-6-8-14/h4-10,15-19,26H,3,11-13H2,1-2H3,(H,23,27)(H,24,28)/t15-,16+,17-,18-,19+/m1/s1. The van der Waals surface area contributed by atoms with E-state index in [0.29, 0.717) is 6.54 Å². The molecule has 1 heterocycles. The van der Waals surface area contributed by atoms with Crippen molar-refractivity contribution in [3.63, 3.8) is 0 Å². The number of amides is 3. The van der Waals surface area contributed by atoms with Gasteiger partial charge in [-0.05, 0) is 17.9 Å². The molecule has 7 nitrogen and oxygen atoms in total. The highest BCUT2D eigenvalue weighted by atomic mass is 16.3. The van der Waals surface area contributed by atoms with E-state index in [1.165, 1.54) is 4.90 Å². The maximum atomic E-state index is 13.2. The Balaban J connectivity index is 1.88. The fourth-order valence-electron chi connectivity index (χ4n) is 4.65. The molecular weight excluding hydrogens is 370 g/mol. The van der Waals surface area contributed by atoms with E-state index < -0.39 is 23.8 Å². The minimum atomic E-state index is -0.732. The van der Waals surface area contributed by atoms with Crippen LogP contribution in [-0.4, -0.2) is 54.0 Å². The average Bonchev–Trinajstić information content (AvgIpc) is 3.03. The van der Waals surface area contributed by atoms with Gasteiger partial charge >= 0.3 is 0 Å². The summed E-state index contributed by atoms with van der Waals surface area (Å²) in [6.07, 6.45) is 4.62. The number of rotatable bonds is 7. The second kappa shape index (κ2) is 9.22. The molecule has 0 aromatic heterocycles. The van der Waals surface area contributed by atoms with Gasteiger partial charge in [0.15, 0.2) is 0 Å². The summed E-state index contributed by atoms with van der Waals surface area (Å²) in [5.41, 5.74) is 0.962. The molecule has 1 saturated heterocycles. The normalized spacial score (nSPS) is 28.2. The maximum Gasteiger partial charge on any atom is 0.243 e. The molecular formula is C22H29N3O4. The molecule has 3 amide bonds. The van der Waals surface area contributed by atoms with Gasteiger partial charge in [0, 0.05) is 26.1 Å². The summed E-state index contributed by atoms with van der Waals surface area (Å²) in [7, 11) is 1.57. The van der Waals surface area contributed by atoms with Gasteiger partial charge in [0.2, 0.25) is 17.7 Å². The molecule has 1 aliphatic heterocycles. The molecule has 0 unspecified atom stereocenters. The predicted molar refractivity (Wildman–Crippen MR) is 108 cm³/mol. The van der Waals surface area contributed by atoms with Crippen LogP contribution >= 0.6 is 0 Å². The zero-order valence-electron chi connectivity index (χ0n) is 16.9. The van der Waals surface area contributed by atoms with Crippen LogP contribution < -0.4 is 10.6 Å². The Morgan fingerprint density at radius 3 is 2.48 bits per heavy atom. The third kappa shape index (κ3) is 4.05. The summed E-state index contributed by atoms with van der Waals surface area (Å²) < 4.78 is 0. The third-order valence-electron chi connectivity index (χ3n) is 6.05. The maximum absolute atomic E-state index is 13.2. The first kappa shape index (κ1) is 21.0. The van der Waals surface area contributed by atoms with Gasteiger partial charge in [0.05, 0.1) is 18.4 Å². The van der Waals surface area contributed by atoms with Crippen molar-refractivity contribution < 1.29 is 19.5 Å². The molecule has 1 fully saturated rings. The highest BCUT2D eigenvalue weighted by molar-refractivity contribution is 5.96. The van der Waals surface area contributed by atoms with E-state index in [1.54, 1.807) is 7.05 Å². The number of aliphatic hydroxyl groups is 1. The van der Waals surface area contributed by atoms with Gasteiger partial charge in [0.25, 0.3) is 0 Å². The van der Waals surface area contributed by atoms with Crippen LogP contribution in [0.25, 0.3) is 0 Å². The highest BCUT2D eigenvalue weighted by Crippen LogP contribution is 2.44. The Morgan fingerprint density at radius 2 is 1.86 bits per heavy atom. The minimum absolute atomic E-state index is 0.0535. The van der Waals surface area contributed by atoms with Crippen LogP contribution in [0.5, 0.6) is 0 Å². The third-order valence-corrected chi connectivity index (χ3v) is 6.05. The topological polar surface area (TPSA) is 98.7 Å². The van der Waals surface area contributed by atoms with Gasteiger partial charge in [0.1, 0.15) is 6.04 Å². The lowest BCUT2D eigenvalue weighted by Crippen LogP contribution is -2.48. The smallest absolute Gasteiger partial charge is 0.243 e. The Bertz CT molecular complexity index is 780. The van der Waals surface area contributed by atoms with Crippen LogP contribution in [0.15, 0.2) is 42.5 Å². The van der Waals surface area contributed by atoms with Crippen LogP contribution in [0.2, 0.25) is 0 Å². The van der Waals surface area contributed by atoms with E-state index in [0.717, 1.165) is 12.0 Å². The van der Waals surface area contributed by atoms with Crippen molar-refractivity contribution in [1.82, 2.24) is 15.5 Å². The number of nitrogens with one attached hydrogen (secondary N) is 2. The lowest BCUT2D eigenvalue weighted by atomic mass is 9.69. The number of hydrogen-bond donors (Lipinski definition) is 3. The predicted octanol–water partition coefficient (Wildman–Crippen LogP) is 0.696. The second-order valence-electron chi connectivity index (χ2n) is 7.60. The highest BCUT2D eigenvalue weighted by Gasteiger charge is 2.56. The average molecular weight is 399 g/mol. The van der Waals surface area contributed by atoms with E-state index in [-0.39, 0.29) is 36.8 Å². The molecule has 0 bridgehead atoms. The lowest BCUT2D eigenvalue weighted by Gasteiger charge is -2.33. The van der Waals surface area contributed by atoms with E-state index >= 15 is 0 Å². The molecule has 1 aromatic carbocycles. The zero-order valence-corrected chi connectivity index (χ0v) is 16.9. The molecule has 2 aliphatic rings. The quantitative estimate of drug-likeness (QED) is 0.588. The van der Waals surface area contributed by atoms with Crippen LogP contribution in [-0.2, 0) is 20.9 Å². The van der Waals surface area contributed by atoms with Crippen LogP contribution in [0.4, 0.5) is 0 Å². The number of fused-ring (bicyclic) bond motifs is 1. The van der Waals surface area contributed by atoms with Crippen molar-refractivity contribution in [2.45, 2.75) is 25.9 Å². The summed E-state index contributed by atoms with van der Waals surface area (Å²) >= 11 is 0. The van der Waals surface area contributed by atoms with E-state index in [2.05, 4.69) is 10.6 Å². The molecule has 1 aromatic rings. The van der Waals surface area contributed by atoms with E-state index in [4.69, 9.17) is 0 Å². The number of allylic oxidation sites excluding steroid dienone is 1. The first-order valence-corrected chi connectivity index (χ1v) is 10.2. The van der Waals surface area contributed by atoms with Gasteiger partial charge in [-0.3, -0.25) is 14.4 Å². The first-order valence-electron chi connectivity index (χ1n) is 10.2. The van der Waals surface area contributed by atoms with Gasteiger partial charge in [-0.15, -0.1) is 0 Å². The van der Waals surface area contributed by atoms with Crippen molar-refractivity contribution in [2.24, 2.45) is 23.7 Å². The molecule has 3 N–H and O–H groups in total. The Labute approximate surface area is 171 Å². The number of nitrogens with zero attached hydrogens (tertiary/aromatic N) is 1. The summed E-state index contributed by atoms with van der Waals surface area (Å²) in [6.45, 7) is 2.18. The monoisotopic (exact) mass is 399 g/mol. The van der Waals surface area contributed by atoms with Gasteiger partial charge in [-0.25, -0.2) is 0 Å². The summed E-state index contributed by atoms with van der Waals surface area (Å²) in [6, 6.07) is 8.81. The van der Waals surface area contributed by atoms with E-state index in [9.17, 15) is 19.5 Å². The van der Waals surface area contributed by atoms with Crippen molar-refractivity contribution in [1.29, 1.82) is 0 Å². The summed E-state index contributed by atoms with van der Waals surface area (Å²) in [4.78, 5) is 40.4. The fourth-order valence-corrected chi connectivity index (χ4v) is 4.65. The van der Waals surface area contributed by atoms with Crippen molar-refractivity contribution in [3.05, 3.63) is 48.0 Å². The SMILES string of the molecule is CC[C@@H]1C=C[C@H]2[C@@H](C(=O)N(CCO)[C@@H]2C(=O)NCc2ccccc2)[C@@H]1C(=O)NC. The number of hydrogen-bond acceptors (Lipinski definition) is 4. The molecule has 3 rings (SSSR count). The van der Waals surface area contributed by atoms with Gasteiger partial charge < -0.3 is 20.6 Å². The number of β-amino-alcohol motifs (C(OH)–C–C–N with tert-alkyl or cyclic N) is 1. The number of likely N-dealkylation sites (tertiary alicyclic amines) is 1. The van der Waals surface area contributed by atoms with Crippen molar-refractivity contribution in [3.8, 4) is 0 Å². The first-order chi connectivity index (χ1) is 14.0. The molecule has 7 heteroatoms. The van der Waals surface area contributed by atoms with E-state index in [1.807, 2.05) is 49.4 Å². The van der Waals surface area contributed by atoms with Gasteiger partial charge in [-0.2, -0.15) is 0 Å². The Hall–Kier alpha value is -2.67. The van der Waals surface area contributed by atoms with Crippen LogP contribution in [0.3, 0.4) is 0 Å². The number of carbonyl (C=O) groups is 3. The molecule has 0 saturated carbocycles. The van der Waals surface area contributed by atoms with Crippen molar-refractivity contribution >= 4 is 17.7 Å². The zero-order chi connectivity index (χ0) is 21.0. The molecule has 0 spiro atoms.